The first kappa shape index (κ1) is 16.4. The molecule has 0 radical (unpaired) electrons. The van der Waals surface area contributed by atoms with E-state index in [1.54, 1.807) is 0 Å². The van der Waals surface area contributed by atoms with Crippen molar-refractivity contribution in [2.24, 2.45) is 5.41 Å². The van der Waals surface area contributed by atoms with Gasteiger partial charge in [-0.3, -0.25) is 0 Å². The third kappa shape index (κ3) is 1.75. The normalized spacial score (nSPS) is 43.4. The smallest absolute Gasteiger partial charge is 0.166 e. The maximum absolute atomic E-state index is 8.73. The molecule has 2 rings (SSSR count). The van der Waals surface area contributed by atoms with Gasteiger partial charge in [0.2, 0.25) is 0 Å². The quantitative estimate of drug-likeness (QED) is 0.518. The second kappa shape index (κ2) is 4.75. The molecule has 1 saturated carbocycles. The zero-order chi connectivity index (χ0) is 14.7. The second-order valence-corrected chi connectivity index (χ2v) is 8.38. The minimum absolute atomic E-state index is 0.176. The van der Waals surface area contributed by atoms with Crippen LogP contribution in [0, 0.1) is 17.3 Å². The lowest BCUT2D eigenvalue weighted by Gasteiger charge is -2.40. The van der Waals surface area contributed by atoms with Gasteiger partial charge in [-0.25, -0.2) is 0 Å². The zero-order valence-corrected chi connectivity index (χ0v) is 14.4. The Morgan fingerprint density at radius 1 is 1.11 bits per heavy atom. The van der Waals surface area contributed by atoms with Crippen molar-refractivity contribution in [3.05, 3.63) is 10.1 Å². The highest BCUT2D eigenvalue weighted by molar-refractivity contribution is 6.65. The Balaban J connectivity index is 2.55. The molecule has 1 fully saturated rings. The molecular weight excluding hydrogens is 373 g/mol. The largest absolute Gasteiger partial charge is 0.384 e. The standard InChI is InChI=1S/C12H10Cl6O/c1-9(4-2-3-5-19)6-10(15)7(13)8(14)11(9,16)12(10,17)18/h19H,4-6H2,1H3. The van der Waals surface area contributed by atoms with E-state index >= 15 is 0 Å². The van der Waals surface area contributed by atoms with Gasteiger partial charge in [0.1, 0.15) is 16.4 Å². The van der Waals surface area contributed by atoms with E-state index in [1.165, 1.54) is 0 Å². The molecule has 0 aromatic heterocycles. The first-order valence-corrected chi connectivity index (χ1v) is 7.74. The molecule has 19 heavy (non-hydrogen) atoms. The first-order chi connectivity index (χ1) is 8.58. The van der Waals surface area contributed by atoms with Gasteiger partial charge in [0.25, 0.3) is 0 Å². The van der Waals surface area contributed by atoms with E-state index in [2.05, 4.69) is 11.8 Å². The SMILES string of the molecule is CC1(CC#CCO)CC2(Cl)C(Cl)=C(Cl)C1(Cl)C2(Cl)Cl. The van der Waals surface area contributed by atoms with E-state index in [0.29, 0.717) is 12.8 Å². The molecule has 0 aliphatic heterocycles. The minimum Gasteiger partial charge on any atom is -0.384 e. The highest BCUT2D eigenvalue weighted by atomic mass is 35.5. The molecule has 7 heteroatoms. The van der Waals surface area contributed by atoms with Gasteiger partial charge < -0.3 is 5.11 Å². The van der Waals surface area contributed by atoms with Crippen LogP contribution in [0.5, 0.6) is 0 Å². The molecule has 0 heterocycles. The van der Waals surface area contributed by atoms with Crippen LogP contribution in [0.4, 0.5) is 0 Å². The Morgan fingerprint density at radius 2 is 1.68 bits per heavy atom. The van der Waals surface area contributed by atoms with Crippen LogP contribution in [-0.4, -0.2) is 25.8 Å². The Hall–Kier alpha value is 1.00. The van der Waals surface area contributed by atoms with Gasteiger partial charge in [-0.2, -0.15) is 0 Å². The van der Waals surface area contributed by atoms with Crippen LogP contribution in [0.25, 0.3) is 0 Å². The predicted octanol–water partition coefficient (Wildman–Crippen LogP) is 4.61. The van der Waals surface area contributed by atoms with Crippen molar-refractivity contribution >= 4 is 69.6 Å². The van der Waals surface area contributed by atoms with Crippen LogP contribution in [0.15, 0.2) is 10.1 Å². The molecule has 0 amide bonds. The molecule has 0 spiro atoms. The Labute approximate surface area is 142 Å². The Bertz CT molecular complexity index is 518. The monoisotopic (exact) mass is 380 g/mol. The number of hydrogen-bond acceptors (Lipinski definition) is 1. The van der Waals surface area contributed by atoms with E-state index in [0.717, 1.165) is 0 Å². The summed E-state index contributed by atoms with van der Waals surface area (Å²) in [5, 5.41) is 9.10. The van der Waals surface area contributed by atoms with Crippen LogP contribution in [-0.2, 0) is 0 Å². The number of aliphatic hydroxyl groups is 1. The van der Waals surface area contributed by atoms with Crippen molar-refractivity contribution in [1.82, 2.24) is 0 Å². The van der Waals surface area contributed by atoms with Gasteiger partial charge in [0, 0.05) is 11.8 Å². The summed E-state index contributed by atoms with van der Waals surface area (Å²) in [7, 11) is 0. The van der Waals surface area contributed by atoms with Crippen LogP contribution >= 0.6 is 69.6 Å². The minimum atomic E-state index is -1.52. The number of alkyl halides is 4. The maximum atomic E-state index is 8.73. The summed E-state index contributed by atoms with van der Waals surface area (Å²) in [6, 6.07) is 0. The highest BCUT2D eigenvalue weighted by Gasteiger charge is 2.81. The zero-order valence-electron chi connectivity index (χ0n) is 9.84. The van der Waals surface area contributed by atoms with E-state index in [1.807, 2.05) is 6.92 Å². The lowest BCUT2D eigenvalue weighted by Crippen LogP contribution is -2.47. The van der Waals surface area contributed by atoms with Crippen molar-refractivity contribution < 1.29 is 5.11 Å². The average molecular weight is 383 g/mol. The van der Waals surface area contributed by atoms with Gasteiger partial charge >= 0.3 is 0 Å². The molecule has 2 aliphatic carbocycles. The van der Waals surface area contributed by atoms with Gasteiger partial charge in [-0.05, 0) is 6.42 Å². The third-order valence-corrected chi connectivity index (χ3v) is 8.33. The van der Waals surface area contributed by atoms with Crippen molar-refractivity contribution in [3.63, 3.8) is 0 Å². The maximum Gasteiger partial charge on any atom is 0.166 e. The van der Waals surface area contributed by atoms with Crippen LogP contribution in [0.2, 0.25) is 0 Å². The number of rotatable bonds is 1. The van der Waals surface area contributed by atoms with E-state index in [9.17, 15) is 0 Å². The number of aliphatic hydroxyl groups excluding tert-OH is 1. The summed E-state index contributed by atoms with van der Waals surface area (Å²) >= 11 is 38.3. The Morgan fingerprint density at radius 3 is 2.11 bits per heavy atom. The molecular formula is C12H10Cl6O. The van der Waals surface area contributed by atoms with Crippen LogP contribution in [0.1, 0.15) is 19.8 Å². The van der Waals surface area contributed by atoms with Crippen molar-refractivity contribution in [2.75, 3.05) is 6.61 Å². The van der Waals surface area contributed by atoms with Crippen molar-refractivity contribution in [1.29, 1.82) is 0 Å². The summed E-state index contributed by atoms with van der Waals surface area (Å²) < 4.78 is -1.52. The molecule has 1 N–H and O–H groups in total. The first-order valence-electron chi connectivity index (χ1n) is 5.47. The number of halogens is 6. The highest BCUT2D eigenvalue weighted by Crippen LogP contribution is 2.78. The fourth-order valence-corrected chi connectivity index (χ4v) is 5.97. The number of hydrogen-bond donors (Lipinski definition) is 1. The molecule has 0 aromatic carbocycles. The molecule has 3 unspecified atom stereocenters. The van der Waals surface area contributed by atoms with Gasteiger partial charge in [-0.15, -0.1) is 29.1 Å². The van der Waals surface area contributed by atoms with Gasteiger partial charge in [-0.1, -0.05) is 59.2 Å². The number of allylic oxidation sites excluding steroid dienone is 2. The summed E-state index contributed by atoms with van der Waals surface area (Å²) in [6.45, 7) is 1.63. The van der Waals surface area contributed by atoms with E-state index in [4.69, 9.17) is 74.7 Å². The molecule has 0 aromatic rings. The van der Waals surface area contributed by atoms with E-state index < -0.39 is 19.5 Å². The van der Waals surface area contributed by atoms with Crippen LogP contribution < -0.4 is 0 Å². The van der Waals surface area contributed by atoms with Crippen molar-refractivity contribution in [3.8, 4) is 11.8 Å². The lowest BCUT2D eigenvalue weighted by atomic mass is 9.74. The second-order valence-electron chi connectivity index (χ2n) is 5.09. The lowest BCUT2D eigenvalue weighted by molar-refractivity contribution is 0.286. The molecule has 1 nitrogen and oxygen atoms in total. The number of fused-ring (bicyclic) bond motifs is 2. The van der Waals surface area contributed by atoms with Crippen LogP contribution in [0.3, 0.4) is 0 Å². The summed E-state index contributed by atoms with van der Waals surface area (Å²) in [5.41, 5.74) is -0.641. The molecule has 106 valence electrons. The Kier molecular flexibility index (Phi) is 4.09. The fraction of sp³-hybridized carbons (Fsp3) is 0.667. The van der Waals surface area contributed by atoms with Crippen molar-refractivity contribution in [2.45, 2.75) is 33.8 Å². The molecule has 3 atom stereocenters. The molecule has 2 bridgehead atoms. The fourth-order valence-electron chi connectivity index (χ4n) is 2.86. The topological polar surface area (TPSA) is 20.2 Å². The summed E-state index contributed by atoms with van der Waals surface area (Å²) in [6.07, 6.45) is 0.709. The molecule has 0 saturated heterocycles. The predicted molar refractivity (Wildman–Crippen MR) is 82.5 cm³/mol. The molecule has 2 aliphatic rings. The third-order valence-electron chi connectivity index (χ3n) is 3.92. The summed E-state index contributed by atoms with van der Waals surface area (Å²) in [5.74, 6) is 5.40. The van der Waals surface area contributed by atoms with E-state index in [-0.39, 0.29) is 16.7 Å². The average Bonchev–Trinajstić information content (AvgIpc) is 2.50. The van der Waals surface area contributed by atoms with Gasteiger partial charge in [0.15, 0.2) is 4.33 Å². The van der Waals surface area contributed by atoms with Gasteiger partial charge in [0.05, 0.1) is 10.1 Å². The summed E-state index contributed by atoms with van der Waals surface area (Å²) in [4.78, 5) is -2.51.